The molecule has 0 saturated carbocycles. The van der Waals surface area contributed by atoms with Crippen LogP contribution in [-0.4, -0.2) is 102 Å². The number of morpholine rings is 1. The van der Waals surface area contributed by atoms with E-state index >= 15 is 0 Å². The number of ether oxygens (including phenoxy) is 2. The van der Waals surface area contributed by atoms with Crippen molar-refractivity contribution in [3.8, 4) is 0 Å². The molecule has 2 aliphatic heterocycles. The first-order valence-electron chi connectivity index (χ1n) is 11.8. The summed E-state index contributed by atoms with van der Waals surface area (Å²) in [5.41, 5.74) is -0.543. The number of hydrogen-bond donors (Lipinski definition) is 3. The molecule has 0 spiro atoms. The molecule has 2 heterocycles. The van der Waals surface area contributed by atoms with Crippen molar-refractivity contribution in [2.75, 3.05) is 45.9 Å². The molecule has 11 nitrogen and oxygen atoms in total. The van der Waals surface area contributed by atoms with Crippen molar-refractivity contribution in [3.63, 3.8) is 0 Å². The molecule has 0 unspecified atom stereocenters. The zero-order valence-corrected chi connectivity index (χ0v) is 21.0. The number of carboxylic acids is 2. The van der Waals surface area contributed by atoms with Crippen molar-refractivity contribution in [1.82, 2.24) is 15.1 Å². The highest BCUT2D eigenvalue weighted by atomic mass is 16.6. The third-order valence-electron chi connectivity index (χ3n) is 5.14. The van der Waals surface area contributed by atoms with Gasteiger partial charge in [0.25, 0.3) is 0 Å². The second kappa shape index (κ2) is 14.1. The summed E-state index contributed by atoms with van der Waals surface area (Å²) in [4.78, 5) is 48.4. The van der Waals surface area contributed by atoms with Gasteiger partial charge < -0.3 is 34.8 Å². The molecule has 3 N–H and O–H groups in total. The third kappa shape index (κ3) is 12.2. The van der Waals surface area contributed by atoms with Crippen molar-refractivity contribution in [3.05, 3.63) is 0 Å². The molecule has 0 bridgehead atoms. The van der Waals surface area contributed by atoms with Crippen LogP contribution in [0.15, 0.2) is 0 Å². The molecule has 0 aliphatic carbocycles. The first kappa shape index (κ1) is 29.6. The van der Waals surface area contributed by atoms with Gasteiger partial charge in [-0.05, 0) is 39.7 Å². The molecule has 11 heteroatoms. The molecular weight excluding hydrogens is 446 g/mol. The van der Waals surface area contributed by atoms with Crippen LogP contribution >= 0.6 is 0 Å². The minimum atomic E-state index is -1.08. The standard InChI is InChI=1S/C19H35N3O4.C4H6O4/c1-14(2)11-20-16-10-15(17(23)21-6-8-25-9-7-21)12-22(13-16)18(24)26-19(3,4)5;5-3(6)1-2-4(7)8/h14-16,20H,6-13H2,1-5H3;1-2H2,(H,5,6)(H,7,8)/t15-,16+;/m1./s1. The van der Waals surface area contributed by atoms with E-state index in [9.17, 15) is 19.2 Å². The van der Waals surface area contributed by atoms with Gasteiger partial charge in [0.05, 0.1) is 32.0 Å². The van der Waals surface area contributed by atoms with Crippen LogP contribution in [0.1, 0.15) is 53.9 Å². The Hall–Kier alpha value is -2.40. The van der Waals surface area contributed by atoms with E-state index < -0.39 is 17.5 Å². The topological polar surface area (TPSA) is 146 Å². The number of piperidine rings is 1. The molecule has 2 fully saturated rings. The summed E-state index contributed by atoms with van der Waals surface area (Å²) in [5, 5.41) is 19.3. The van der Waals surface area contributed by atoms with Gasteiger partial charge in [0.2, 0.25) is 5.91 Å². The van der Waals surface area contributed by atoms with Crippen LogP contribution in [0, 0.1) is 11.8 Å². The van der Waals surface area contributed by atoms with Crippen molar-refractivity contribution < 1.29 is 38.9 Å². The zero-order valence-electron chi connectivity index (χ0n) is 21.0. The number of aliphatic carboxylic acids is 2. The highest BCUT2D eigenvalue weighted by molar-refractivity contribution is 5.80. The number of carbonyl (C=O) groups excluding carboxylic acids is 2. The smallest absolute Gasteiger partial charge is 0.410 e. The molecule has 196 valence electrons. The monoisotopic (exact) mass is 487 g/mol. The SMILES string of the molecule is CC(C)CN[C@H]1C[C@@H](C(=O)N2CCOCC2)CN(C(=O)OC(C)(C)C)C1.O=C(O)CCC(=O)O. The number of nitrogens with zero attached hydrogens (tertiary/aromatic N) is 2. The molecule has 2 saturated heterocycles. The van der Waals surface area contributed by atoms with Crippen LogP contribution in [-0.2, 0) is 23.9 Å². The fraction of sp³-hybridized carbons (Fsp3) is 0.826. The van der Waals surface area contributed by atoms with Gasteiger partial charge in [0.15, 0.2) is 0 Å². The predicted octanol–water partition coefficient (Wildman–Crippen LogP) is 1.65. The summed E-state index contributed by atoms with van der Waals surface area (Å²) in [6, 6.07) is 0.105. The van der Waals surface area contributed by atoms with Crippen molar-refractivity contribution in [2.24, 2.45) is 11.8 Å². The quantitative estimate of drug-likeness (QED) is 0.488. The molecule has 2 rings (SSSR count). The van der Waals surface area contributed by atoms with Crippen LogP contribution in [0.25, 0.3) is 0 Å². The Morgan fingerprint density at radius 3 is 2.03 bits per heavy atom. The summed E-state index contributed by atoms with van der Waals surface area (Å²) in [7, 11) is 0. The van der Waals surface area contributed by atoms with Crippen LogP contribution in [0.3, 0.4) is 0 Å². The molecule has 2 amide bonds. The van der Waals surface area contributed by atoms with Crippen LogP contribution in [0.5, 0.6) is 0 Å². The van der Waals surface area contributed by atoms with E-state index in [-0.39, 0.29) is 36.8 Å². The lowest BCUT2D eigenvalue weighted by Crippen LogP contribution is -2.56. The number of carboxylic acid groups (broad SMARTS) is 2. The Balaban J connectivity index is 0.000000620. The van der Waals surface area contributed by atoms with E-state index in [4.69, 9.17) is 19.7 Å². The van der Waals surface area contributed by atoms with Gasteiger partial charge in [-0.25, -0.2) is 4.79 Å². The molecular formula is C23H41N3O8. The van der Waals surface area contributed by atoms with E-state index in [2.05, 4.69) is 19.2 Å². The maximum Gasteiger partial charge on any atom is 0.410 e. The highest BCUT2D eigenvalue weighted by Crippen LogP contribution is 2.22. The first-order valence-corrected chi connectivity index (χ1v) is 11.8. The number of nitrogens with one attached hydrogen (secondary N) is 1. The van der Waals surface area contributed by atoms with Crippen LogP contribution in [0.2, 0.25) is 0 Å². The number of rotatable bonds is 7. The Kier molecular flexibility index (Phi) is 12.3. The lowest BCUT2D eigenvalue weighted by molar-refractivity contribution is -0.143. The Morgan fingerprint density at radius 2 is 1.56 bits per heavy atom. The maximum atomic E-state index is 13.0. The summed E-state index contributed by atoms with van der Waals surface area (Å²) in [5.74, 6) is -1.71. The molecule has 34 heavy (non-hydrogen) atoms. The van der Waals surface area contributed by atoms with Crippen LogP contribution < -0.4 is 5.32 Å². The number of carbonyl (C=O) groups is 4. The van der Waals surface area contributed by atoms with Crippen molar-refractivity contribution in [2.45, 2.75) is 65.5 Å². The molecule has 0 aromatic rings. The highest BCUT2D eigenvalue weighted by Gasteiger charge is 2.37. The van der Waals surface area contributed by atoms with Crippen molar-refractivity contribution in [1.29, 1.82) is 0 Å². The molecule has 2 aliphatic rings. The zero-order chi connectivity index (χ0) is 25.9. The third-order valence-corrected chi connectivity index (χ3v) is 5.14. The van der Waals surface area contributed by atoms with Gasteiger partial charge in [-0.2, -0.15) is 0 Å². The van der Waals surface area contributed by atoms with Gasteiger partial charge in [-0.3, -0.25) is 14.4 Å². The van der Waals surface area contributed by atoms with Gasteiger partial charge in [-0.15, -0.1) is 0 Å². The minimum Gasteiger partial charge on any atom is -0.481 e. The lowest BCUT2D eigenvalue weighted by Gasteiger charge is -2.40. The maximum absolute atomic E-state index is 13.0. The van der Waals surface area contributed by atoms with E-state index in [1.54, 1.807) is 4.90 Å². The number of amides is 2. The second-order valence-electron chi connectivity index (χ2n) is 10.0. The summed E-state index contributed by atoms with van der Waals surface area (Å²) in [6.45, 7) is 14.2. The van der Waals surface area contributed by atoms with Gasteiger partial charge >= 0.3 is 18.0 Å². The molecule has 0 aromatic carbocycles. The average Bonchev–Trinajstić information content (AvgIpc) is 2.75. The van der Waals surface area contributed by atoms with Gasteiger partial charge in [0, 0.05) is 32.2 Å². The van der Waals surface area contributed by atoms with Crippen molar-refractivity contribution >= 4 is 23.9 Å². The summed E-state index contributed by atoms with van der Waals surface area (Å²) in [6.07, 6.45) is -0.180. The fourth-order valence-electron chi connectivity index (χ4n) is 3.56. The Bertz CT molecular complexity index is 672. The predicted molar refractivity (Wildman–Crippen MR) is 124 cm³/mol. The van der Waals surface area contributed by atoms with E-state index in [1.165, 1.54) is 0 Å². The van der Waals surface area contributed by atoms with E-state index in [0.717, 1.165) is 13.0 Å². The normalized spacial score (nSPS) is 20.9. The van der Waals surface area contributed by atoms with Gasteiger partial charge in [-0.1, -0.05) is 13.8 Å². The summed E-state index contributed by atoms with van der Waals surface area (Å²) < 4.78 is 10.9. The molecule has 0 aromatic heterocycles. The molecule has 0 radical (unpaired) electrons. The van der Waals surface area contributed by atoms with Gasteiger partial charge in [0.1, 0.15) is 5.60 Å². The van der Waals surface area contributed by atoms with Crippen LogP contribution in [0.4, 0.5) is 4.79 Å². The number of likely N-dealkylation sites (tertiary alicyclic amines) is 1. The second-order valence-corrected chi connectivity index (χ2v) is 10.0. The Morgan fingerprint density at radius 1 is 1.00 bits per heavy atom. The first-order chi connectivity index (χ1) is 15.8. The molecule has 2 atom stereocenters. The average molecular weight is 488 g/mol. The fourth-order valence-corrected chi connectivity index (χ4v) is 3.56. The van der Waals surface area contributed by atoms with E-state index in [0.29, 0.717) is 45.3 Å². The summed E-state index contributed by atoms with van der Waals surface area (Å²) >= 11 is 0. The minimum absolute atomic E-state index is 0.105. The largest absolute Gasteiger partial charge is 0.481 e. The number of hydrogen-bond acceptors (Lipinski definition) is 7. The Labute approximate surface area is 201 Å². The lowest BCUT2D eigenvalue weighted by atomic mass is 9.92. The van der Waals surface area contributed by atoms with E-state index in [1.807, 2.05) is 25.7 Å².